The fourth-order valence-corrected chi connectivity index (χ4v) is 3.51. The molecule has 0 amide bonds. The van der Waals surface area contributed by atoms with Gasteiger partial charge in [0.05, 0.1) is 15.6 Å². The molecule has 5 heteroatoms. The number of hydrogen-bond acceptors (Lipinski definition) is 4. The van der Waals surface area contributed by atoms with E-state index in [1.807, 2.05) is 0 Å². The molecule has 2 aromatic rings. The predicted octanol–water partition coefficient (Wildman–Crippen LogP) is 4.16. The number of benzene rings is 1. The van der Waals surface area contributed by atoms with Crippen molar-refractivity contribution in [2.75, 3.05) is 11.1 Å². The zero-order valence-electron chi connectivity index (χ0n) is 11.8. The smallest absolute Gasteiger partial charge is 0.171 e. The summed E-state index contributed by atoms with van der Waals surface area (Å²) >= 11 is 1.43. The summed E-state index contributed by atoms with van der Waals surface area (Å²) in [5.41, 5.74) is 8.86. The van der Waals surface area contributed by atoms with E-state index in [0.29, 0.717) is 23.0 Å². The number of anilines is 2. The topological polar surface area (TPSA) is 55.1 Å². The summed E-state index contributed by atoms with van der Waals surface area (Å²) in [5.74, 6) is 0.246. The first-order valence-corrected chi connectivity index (χ1v) is 7.79. The molecule has 0 saturated heterocycles. The third kappa shape index (κ3) is 2.93. The van der Waals surface area contributed by atoms with E-state index in [2.05, 4.69) is 5.32 Å². The van der Waals surface area contributed by atoms with E-state index in [9.17, 15) is 9.18 Å². The number of nitrogens with two attached hydrogens (primary N) is 1. The monoisotopic (exact) mass is 304 g/mol. The van der Waals surface area contributed by atoms with Crippen molar-refractivity contribution < 1.29 is 9.18 Å². The van der Waals surface area contributed by atoms with Crippen LogP contribution in [0.4, 0.5) is 15.1 Å². The number of ketones is 1. The molecule has 1 saturated carbocycles. The Hall–Kier alpha value is -1.88. The molecule has 1 aliphatic rings. The van der Waals surface area contributed by atoms with E-state index in [1.165, 1.54) is 23.5 Å². The second kappa shape index (κ2) is 5.48. The summed E-state index contributed by atoms with van der Waals surface area (Å²) in [6.45, 7) is 2.14. The van der Waals surface area contributed by atoms with Crippen LogP contribution >= 0.6 is 11.3 Å². The summed E-state index contributed by atoms with van der Waals surface area (Å²) < 4.78 is 12.9. The van der Waals surface area contributed by atoms with Gasteiger partial charge in [0.1, 0.15) is 5.82 Å². The van der Waals surface area contributed by atoms with Crippen LogP contribution in [0.15, 0.2) is 24.3 Å². The van der Waals surface area contributed by atoms with Gasteiger partial charge in [-0.05, 0) is 36.5 Å². The first-order valence-electron chi connectivity index (χ1n) is 6.97. The minimum Gasteiger partial charge on any atom is -0.397 e. The Morgan fingerprint density at radius 1 is 1.38 bits per heavy atom. The van der Waals surface area contributed by atoms with E-state index in [0.717, 1.165) is 29.0 Å². The Balaban J connectivity index is 1.82. The molecule has 0 atom stereocenters. The molecule has 1 aromatic heterocycles. The standard InChI is InChI=1S/C16H17FN2OS/c1-9(20)15-14(18)13(11-4-5-11)16(21-15)19-8-10-2-6-12(17)7-3-10/h2-3,6-7,11,19H,4-5,8,18H2,1H3. The molecule has 21 heavy (non-hydrogen) atoms. The largest absolute Gasteiger partial charge is 0.397 e. The molecule has 0 aliphatic heterocycles. The second-order valence-electron chi connectivity index (χ2n) is 5.40. The van der Waals surface area contributed by atoms with Crippen molar-refractivity contribution in [2.45, 2.75) is 32.2 Å². The van der Waals surface area contributed by atoms with Crippen molar-refractivity contribution in [3.05, 3.63) is 46.1 Å². The van der Waals surface area contributed by atoms with Gasteiger partial charge in [-0.3, -0.25) is 4.79 Å². The van der Waals surface area contributed by atoms with E-state index >= 15 is 0 Å². The summed E-state index contributed by atoms with van der Waals surface area (Å²) in [5, 5.41) is 4.33. The van der Waals surface area contributed by atoms with Crippen LogP contribution < -0.4 is 11.1 Å². The van der Waals surface area contributed by atoms with Crippen molar-refractivity contribution in [2.24, 2.45) is 0 Å². The Bertz CT molecular complexity index is 674. The van der Waals surface area contributed by atoms with Crippen LogP contribution in [0.3, 0.4) is 0 Å². The van der Waals surface area contributed by atoms with Crippen LogP contribution in [-0.4, -0.2) is 5.78 Å². The molecular weight excluding hydrogens is 287 g/mol. The summed E-state index contributed by atoms with van der Waals surface area (Å²) in [6.07, 6.45) is 2.26. The Morgan fingerprint density at radius 2 is 2.05 bits per heavy atom. The first-order chi connectivity index (χ1) is 10.1. The van der Waals surface area contributed by atoms with Gasteiger partial charge in [0.2, 0.25) is 0 Å². The quantitative estimate of drug-likeness (QED) is 0.815. The molecule has 3 nitrogen and oxygen atoms in total. The SMILES string of the molecule is CC(=O)c1sc(NCc2ccc(F)cc2)c(C2CC2)c1N. The molecule has 1 aliphatic carbocycles. The molecule has 0 bridgehead atoms. The number of halogens is 1. The summed E-state index contributed by atoms with van der Waals surface area (Å²) in [4.78, 5) is 12.3. The minimum atomic E-state index is -0.239. The molecule has 3 rings (SSSR count). The maximum Gasteiger partial charge on any atom is 0.171 e. The van der Waals surface area contributed by atoms with Crippen molar-refractivity contribution >= 4 is 27.8 Å². The zero-order valence-corrected chi connectivity index (χ0v) is 12.6. The molecule has 1 heterocycles. The number of thiophene rings is 1. The first kappa shape index (κ1) is 14.1. The Kier molecular flexibility index (Phi) is 3.68. The van der Waals surface area contributed by atoms with Crippen LogP contribution in [0.1, 0.15) is 46.5 Å². The van der Waals surface area contributed by atoms with Crippen LogP contribution in [0.2, 0.25) is 0 Å². The van der Waals surface area contributed by atoms with E-state index in [1.54, 1.807) is 19.1 Å². The van der Waals surface area contributed by atoms with Crippen molar-refractivity contribution in [3.63, 3.8) is 0 Å². The molecule has 110 valence electrons. The van der Waals surface area contributed by atoms with Crippen LogP contribution in [0.5, 0.6) is 0 Å². The van der Waals surface area contributed by atoms with E-state index in [4.69, 9.17) is 5.73 Å². The lowest BCUT2D eigenvalue weighted by atomic mass is 10.1. The van der Waals surface area contributed by atoms with Crippen LogP contribution in [0.25, 0.3) is 0 Å². The maximum atomic E-state index is 12.9. The van der Waals surface area contributed by atoms with Crippen LogP contribution in [0, 0.1) is 5.82 Å². The molecule has 0 spiro atoms. The fraction of sp³-hybridized carbons (Fsp3) is 0.312. The number of Topliss-reactive ketones (excluding diaryl/α,β-unsaturated/α-hetero) is 1. The highest BCUT2D eigenvalue weighted by molar-refractivity contribution is 7.18. The molecule has 0 unspecified atom stereocenters. The average Bonchev–Trinajstić information content (AvgIpc) is 3.22. The van der Waals surface area contributed by atoms with Crippen molar-refractivity contribution in [1.82, 2.24) is 0 Å². The highest BCUT2D eigenvalue weighted by Gasteiger charge is 2.32. The number of hydrogen-bond donors (Lipinski definition) is 2. The highest BCUT2D eigenvalue weighted by atomic mass is 32.1. The van der Waals surface area contributed by atoms with Gasteiger partial charge in [0.15, 0.2) is 5.78 Å². The lowest BCUT2D eigenvalue weighted by Gasteiger charge is -2.07. The van der Waals surface area contributed by atoms with Crippen molar-refractivity contribution in [1.29, 1.82) is 0 Å². The highest BCUT2D eigenvalue weighted by Crippen LogP contribution is 2.50. The third-order valence-electron chi connectivity index (χ3n) is 3.66. The zero-order chi connectivity index (χ0) is 15.0. The number of rotatable bonds is 5. The van der Waals surface area contributed by atoms with Crippen molar-refractivity contribution in [3.8, 4) is 0 Å². The fourth-order valence-electron chi connectivity index (χ4n) is 2.41. The van der Waals surface area contributed by atoms with Gasteiger partial charge in [-0.1, -0.05) is 12.1 Å². The minimum absolute atomic E-state index is 0.00855. The van der Waals surface area contributed by atoms with E-state index in [-0.39, 0.29) is 11.6 Å². The normalized spacial score (nSPS) is 14.2. The summed E-state index contributed by atoms with van der Waals surface area (Å²) in [6, 6.07) is 6.40. The molecular formula is C16H17FN2OS. The molecule has 1 fully saturated rings. The van der Waals surface area contributed by atoms with Gasteiger partial charge in [0, 0.05) is 19.0 Å². The lowest BCUT2D eigenvalue weighted by Crippen LogP contribution is -2.01. The Morgan fingerprint density at radius 3 is 2.62 bits per heavy atom. The third-order valence-corrected chi connectivity index (χ3v) is 4.94. The Labute approximate surface area is 127 Å². The average molecular weight is 304 g/mol. The van der Waals surface area contributed by atoms with Gasteiger partial charge in [-0.2, -0.15) is 0 Å². The second-order valence-corrected chi connectivity index (χ2v) is 6.42. The maximum absolute atomic E-state index is 12.9. The van der Waals surface area contributed by atoms with Crippen LogP contribution in [-0.2, 0) is 6.54 Å². The van der Waals surface area contributed by atoms with Gasteiger partial charge in [-0.15, -0.1) is 11.3 Å². The molecule has 1 aromatic carbocycles. The molecule has 3 N–H and O–H groups in total. The number of carbonyl (C=O) groups is 1. The molecule has 0 radical (unpaired) electrons. The number of nitrogen functional groups attached to an aromatic ring is 1. The van der Waals surface area contributed by atoms with Gasteiger partial charge in [-0.25, -0.2) is 4.39 Å². The summed E-state index contributed by atoms with van der Waals surface area (Å²) in [7, 11) is 0. The van der Waals surface area contributed by atoms with Gasteiger partial charge in [0.25, 0.3) is 0 Å². The number of nitrogens with one attached hydrogen (secondary N) is 1. The van der Waals surface area contributed by atoms with Gasteiger partial charge < -0.3 is 11.1 Å². The van der Waals surface area contributed by atoms with Gasteiger partial charge >= 0.3 is 0 Å². The van der Waals surface area contributed by atoms with E-state index < -0.39 is 0 Å². The predicted molar refractivity (Wildman–Crippen MR) is 84.4 cm³/mol. The lowest BCUT2D eigenvalue weighted by molar-refractivity contribution is 0.102. The number of carbonyl (C=O) groups excluding carboxylic acids is 1.